The summed E-state index contributed by atoms with van der Waals surface area (Å²) in [7, 11) is 0. The average molecular weight is 274 g/mol. The van der Waals surface area contributed by atoms with Gasteiger partial charge in [-0.25, -0.2) is 8.78 Å². The van der Waals surface area contributed by atoms with Crippen molar-refractivity contribution in [3.8, 4) is 0 Å². The SMILES string of the molecule is O=C(c1cc(F)ccc1F)c1csc2ccccc12. The monoisotopic (exact) mass is 274 g/mol. The average Bonchev–Trinajstić information content (AvgIpc) is 2.84. The van der Waals surface area contributed by atoms with E-state index < -0.39 is 17.4 Å². The fraction of sp³-hybridized carbons (Fsp3) is 0. The van der Waals surface area contributed by atoms with Crippen LogP contribution in [0.25, 0.3) is 10.1 Å². The molecule has 0 fully saturated rings. The predicted molar refractivity (Wildman–Crippen MR) is 71.6 cm³/mol. The van der Waals surface area contributed by atoms with Gasteiger partial charge in [-0.3, -0.25) is 4.79 Å². The van der Waals surface area contributed by atoms with Crippen LogP contribution in [0, 0.1) is 11.6 Å². The molecule has 0 amide bonds. The maximum atomic E-state index is 13.6. The lowest BCUT2D eigenvalue weighted by atomic mass is 10.0. The molecule has 0 bridgehead atoms. The minimum absolute atomic E-state index is 0.233. The van der Waals surface area contributed by atoms with Crippen molar-refractivity contribution in [2.24, 2.45) is 0 Å². The van der Waals surface area contributed by atoms with E-state index in [2.05, 4.69) is 0 Å². The zero-order valence-electron chi connectivity index (χ0n) is 9.69. The summed E-state index contributed by atoms with van der Waals surface area (Å²) in [4.78, 5) is 12.3. The minimum Gasteiger partial charge on any atom is -0.288 e. The predicted octanol–water partition coefficient (Wildman–Crippen LogP) is 4.41. The van der Waals surface area contributed by atoms with E-state index >= 15 is 0 Å². The summed E-state index contributed by atoms with van der Waals surface area (Å²) in [6, 6.07) is 10.3. The van der Waals surface area contributed by atoms with Gasteiger partial charge in [0.05, 0.1) is 5.56 Å². The van der Waals surface area contributed by atoms with E-state index in [1.807, 2.05) is 18.2 Å². The van der Waals surface area contributed by atoms with Crippen LogP contribution in [0.3, 0.4) is 0 Å². The number of hydrogen-bond donors (Lipinski definition) is 0. The lowest BCUT2D eigenvalue weighted by Gasteiger charge is -2.02. The van der Waals surface area contributed by atoms with Crippen LogP contribution in [0.5, 0.6) is 0 Å². The molecular formula is C15H8F2OS. The van der Waals surface area contributed by atoms with Crippen molar-refractivity contribution < 1.29 is 13.6 Å². The molecule has 1 nitrogen and oxygen atoms in total. The first kappa shape index (κ1) is 12.0. The summed E-state index contributed by atoms with van der Waals surface area (Å²) < 4.78 is 27.7. The fourth-order valence-corrected chi connectivity index (χ4v) is 2.91. The normalized spacial score (nSPS) is 10.8. The second-order valence-corrected chi connectivity index (χ2v) is 5.01. The third kappa shape index (κ3) is 2.04. The molecule has 0 aliphatic carbocycles. The van der Waals surface area contributed by atoms with Crippen LogP contribution in [0.4, 0.5) is 8.78 Å². The number of hydrogen-bond acceptors (Lipinski definition) is 2. The Morgan fingerprint density at radius 2 is 1.79 bits per heavy atom. The van der Waals surface area contributed by atoms with Crippen molar-refractivity contribution in [2.75, 3.05) is 0 Å². The topological polar surface area (TPSA) is 17.1 Å². The van der Waals surface area contributed by atoms with Crippen molar-refractivity contribution in [3.05, 3.63) is 70.6 Å². The highest BCUT2D eigenvalue weighted by molar-refractivity contribution is 7.17. The summed E-state index contributed by atoms with van der Waals surface area (Å²) in [6.07, 6.45) is 0. The molecule has 0 saturated carbocycles. The third-order valence-corrected chi connectivity index (χ3v) is 3.86. The second kappa shape index (κ2) is 4.55. The molecule has 3 rings (SSSR count). The molecule has 0 spiro atoms. The standard InChI is InChI=1S/C15H8F2OS/c16-9-5-6-13(17)11(7-9)15(18)12-8-19-14-4-2-1-3-10(12)14/h1-8H. The van der Waals surface area contributed by atoms with Gasteiger partial charge in [-0.15, -0.1) is 11.3 Å². The Kier molecular flexibility index (Phi) is 2.87. The van der Waals surface area contributed by atoms with E-state index in [9.17, 15) is 13.6 Å². The number of benzene rings is 2. The van der Waals surface area contributed by atoms with Gasteiger partial charge < -0.3 is 0 Å². The molecule has 0 aliphatic rings. The van der Waals surface area contributed by atoms with Gasteiger partial charge in [-0.05, 0) is 24.3 Å². The first-order valence-electron chi connectivity index (χ1n) is 5.63. The van der Waals surface area contributed by atoms with E-state index in [0.29, 0.717) is 5.56 Å². The first-order valence-corrected chi connectivity index (χ1v) is 6.51. The van der Waals surface area contributed by atoms with E-state index in [-0.39, 0.29) is 5.56 Å². The van der Waals surface area contributed by atoms with E-state index in [1.54, 1.807) is 11.4 Å². The van der Waals surface area contributed by atoms with Crippen molar-refractivity contribution >= 4 is 27.2 Å². The zero-order chi connectivity index (χ0) is 13.4. The highest BCUT2D eigenvalue weighted by Crippen LogP contribution is 2.28. The van der Waals surface area contributed by atoms with Gasteiger partial charge in [0.25, 0.3) is 0 Å². The Morgan fingerprint density at radius 3 is 2.63 bits per heavy atom. The number of carbonyl (C=O) groups is 1. The van der Waals surface area contributed by atoms with Gasteiger partial charge in [0.15, 0.2) is 5.78 Å². The lowest BCUT2D eigenvalue weighted by molar-refractivity contribution is 0.103. The number of carbonyl (C=O) groups excluding carboxylic acids is 1. The largest absolute Gasteiger partial charge is 0.288 e. The van der Waals surface area contributed by atoms with E-state index in [0.717, 1.165) is 28.3 Å². The summed E-state index contributed by atoms with van der Waals surface area (Å²) in [5.74, 6) is -1.82. The maximum absolute atomic E-state index is 13.6. The summed E-state index contributed by atoms with van der Waals surface area (Å²) in [6.45, 7) is 0. The lowest BCUT2D eigenvalue weighted by Crippen LogP contribution is -2.04. The number of ketones is 1. The highest BCUT2D eigenvalue weighted by atomic mass is 32.1. The number of fused-ring (bicyclic) bond motifs is 1. The quantitative estimate of drug-likeness (QED) is 0.633. The third-order valence-electron chi connectivity index (χ3n) is 2.90. The van der Waals surface area contributed by atoms with Crippen LogP contribution < -0.4 is 0 Å². The van der Waals surface area contributed by atoms with Gasteiger partial charge in [0.2, 0.25) is 0 Å². The molecule has 0 radical (unpaired) electrons. The van der Waals surface area contributed by atoms with Crippen LogP contribution in [-0.2, 0) is 0 Å². The van der Waals surface area contributed by atoms with Crippen LogP contribution >= 0.6 is 11.3 Å². The van der Waals surface area contributed by atoms with Crippen molar-refractivity contribution in [3.63, 3.8) is 0 Å². The fourth-order valence-electron chi connectivity index (χ4n) is 1.97. The van der Waals surface area contributed by atoms with Crippen molar-refractivity contribution in [2.45, 2.75) is 0 Å². The Hall–Kier alpha value is -2.07. The minimum atomic E-state index is -0.707. The van der Waals surface area contributed by atoms with Crippen LogP contribution in [0.2, 0.25) is 0 Å². The molecular weight excluding hydrogens is 266 g/mol. The van der Waals surface area contributed by atoms with Crippen LogP contribution in [0.1, 0.15) is 15.9 Å². The summed E-state index contributed by atoms with van der Waals surface area (Å²) in [5.41, 5.74) is 0.175. The Labute approximate surface area is 112 Å². The molecule has 1 aromatic heterocycles. The molecule has 94 valence electrons. The molecule has 0 atom stereocenters. The number of rotatable bonds is 2. The van der Waals surface area contributed by atoms with Gasteiger partial charge in [0, 0.05) is 21.0 Å². The maximum Gasteiger partial charge on any atom is 0.197 e. The molecule has 1 heterocycles. The van der Waals surface area contributed by atoms with Crippen LogP contribution in [-0.4, -0.2) is 5.78 Å². The van der Waals surface area contributed by atoms with Gasteiger partial charge in [-0.1, -0.05) is 18.2 Å². The molecule has 2 aromatic carbocycles. The molecule has 0 unspecified atom stereocenters. The van der Waals surface area contributed by atoms with E-state index in [1.165, 1.54) is 11.3 Å². The summed E-state index contributed by atoms with van der Waals surface area (Å²) >= 11 is 1.41. The van der Waals surface area contributed by atoms with Crippen molar-refractivity contribution in [1.29, 1.82) is 0 Å². The number of halogens is 2. The van der Waals surface area contributed by atoms with Gasteiger partial charge in [-0.2, -0.15) is 0 Å². The first-order chi connectivity index (χ1) is 9.16. The van der Waals surface area contributed by atoms with Gasteiger partial charge in [0.1, 0.15) is 11.6 Å². The van der Waals surface area contributed by atoms with Crippen LogP contribution in [0.15, 0.2) is 47.8 Å². The molecule has 0 saturated heterocycles. The Morgan fingerprint density at radius 1 is 1.00 bits per heavy atom. The Bertz CT molecular complexity index is 777. The zero-order valence-corrected chi connectivity index (χ0v) is 10.5. The molecule has 3 aromatic rings. The molecule has 19 heavy (non-hydrogen) atoms. The van der Waals surface area contributed by atoms with Crippen molar-refractivity contribution in [1.82, 2.24) is 0 Å². The van der Waals surface area contributed by atoms with E-state index in [4.69, 9.17) is 0 Å². The molecule has 0 N–H and O–H groups in total. The molecule has 0 aliphatic heterocycles. The Balaban J connectivity index is 2.16. The highest BCUT2D eigenvalue weighted by Gasteiger charge is 2.18. The summed E-state index contributed by atoms with van der Waals surface area (Å²) in [5, 5.41) is 2.44. The van der Waals surface area contributed by atoms with Gasteiger partial charge >= 0.3 is 0 Å². The smallest absolute Gasteiger partial charge is 0.197 e. The number of thiophene rings is 1. The second-order valence-electron chi connectivity index (χ2n) is 4.10. The molecule has 4 heteroatoms.